The molecule has 0 unspecified atom stereocenters. The lowest BCUT2D eigenvalue weighted by atomic mass is 10.2. The topological polar surface area (TPSA) is 121 Å². The zero-order valence-electron chi connectivity index (χ0n) is 15.3. The minimum Gasteiger partial charge on any atom is -0.485 e. The van der Waals surface area contributed by atoms with E-state index in [2.05, 4.69) is 15.5 Å². The summed E-state index contributed by atoms with van der Waals surface area (Å²) >= 11 is 2.47. The van der Waals surface area contributed by atoms with Crippen molar-refractivity contribution in [1.82, 2.24) is 14.8 Å². The summed E-state index contributed by atoms with van der Waals surface area (Å²) in [5.41, 5.74) is 5.59. The maximum absolute atomic E-state index is 12.2. The Kier molecular flexibility index (Phi) is 5.41. The molecule has 0 fully saturated rings. The third-order valence-corrected chi connectivity index (χ3v) is 6.03. The van der Waals surface area contributed by atoms with E-state index < -0.39 is 12.0 Å². The number of hydrogen-bond donors (Lipinski definition) is 2. The van der Waals surface area contributed by atoms with Gasteiger partial charge in [0.1, 0.15) is 11.6 Å². The molecule has 0 saturated carbocycles. The molecule has 1 aromatic carbocycles. The zero-order valence-corrected chi connectivity index (χ0v) is 17.0. The van der Waals surface area contributed by atoms with E-state index in [0.29, 0.717) is 39.7 Å². The van der Waals surface area contributed by atoms with Gasteiger partial charge >= 0.3 is 0 Å². The molecule has 0 saturated heterocycles. The largest absolute Gasteiger partial charge is 0.485 e. The predicted octanol–water partition coefficient (Wildman–Crippen LogP) is 2.22. The second-order valence-electron chi connectivity index (χ2n) is 6.13. The standard InChI is InChI=1S/C18H17N5O4S2/c1-23-16(13-8-26-11-4-2-3-5-12(11)27-13)21-22-18(23)29-9-14(24)20-17-10(15(19)25)6-7-28-17/h2-7,13H,8-9H2,1H3,(H2,19,25)(H,20,24)/t13-/m1/s1. The number of nitrogens with zero attached hydrogens (tertiary/aromatic N) is 3. The highest BCUT2D eigenvalue weighted by molar-refractivity contribution is 7.99. The molecule has 0 radical (unpaired) electrons. The van der Waals surface area contributed by atoms with Gasteiger partial charge in [0.25, 0.3) is 5.91 Å². The molecule has 2 amide bonds. The molecule has 1 aliphatic rings. The van der Waals surface area contributed by atoms with Gasteiger partial charge in [0, 0.05) is 7.05 Å². The first-order valence-corrected chi connectivity index (χ1v) is 10.5. The van der Waals surface area contributed by atoms with Crippen LogP contribution in [0.15, 0.2) is 40.9 Å². The van der Waals surface area contributed by atoms with Gasteiger partial charge < -0.3 is 25.1 Å². The van der Waals surface area contributed by atoms with E-state index in [9.17, 15) is 9.59 Å². The lowest BCUT2D eigenvalue weighted by Crippen LogP contribution is -2.24. The fourth-order valence-corrected chi connectivity index (χ4v) is 4.30. The first kappa shape index (κ1) is 19.3. The van der Waals surface area contributed by atoms with E-state index in [0.717, 1.165) is 0 Å². The molecule has 2 aromatic heterocycles. The number of primary amides is 1. The van der Waals surface area contributed by atoms with Crippen LogP contribution >= 0.6 is 23.1 Å². The Morgan fingerprint density at radius 1 is 1.31 bits per heavy atom. The molecule has 3 N–H and O–H groups in total. The third kappa shape index (κ3) is 4.05. The maximum Gasteiger partial charge on any atom is 0.251 e. The van der Waals surface area contributed by atoms with Crippen LogP contribution in [0, 0.1) is 0 Å². The number of anilines is 1. The second kappa shape index (κ2) is 8.13. The predicted molar refractivity (Wildman–Crippen MR) is 108 cm³/mol. The van der Waals surface area contributed by atoms with Gasteiger partial charge in [-0.2, -0.15) is 0 Å². The highest BCUT2D eigenvalue weighted by atomic mass is 32.2. The average Bonchev–Trinajstić information content (AvgIpc) is 3.32. The number of nitrogens with one attached hydrogen (secondary N) is 1. The van der Waals surface area contributed by atoms with Crippen LogP contribution in [0.3, 0.4) is 0 Å². The Morgan fingerprint density at radius 3 is 2.90 bits per heavy atom. The molecular formula is C18H17N5O4S2. The first-order chi connectivity index (χ1) is 14.0. The quantitative estimate of drug-likeness (QED) is 0.574. The van der Waals surface area contributed by atoms with Crippen LogP contribution in [0.2, 0.25) is 0 Å². The SMILES string of the molecule is Cn1c(SCC(=O)Nc2sccc2C(N)=O)nnc1[C@H]1COc2ccccc2O1. The van der Waals surface area contributed by atoms with Crippen molar-refractivity contribution in [3.8, 4) is 11.5 Å². The number of aromatic nitrogens is 3. The van der Waals surface area contributed by atoms with Gasteiger partial charge in [0.2, 0.25) is 5.91 Å². The van der Waals surface area contributed by atoms with E-state index in [-0.39, 0.29) is 11.7 Å². The summed E-state index contributed by atoms with van der Waals surface area (Å²) in [5, 5.41) is 13.8. The van der Waals surface area contributed by atoms with Gasteiger partial charge in [0.05, 0.1) is 11.3 Å². The highest BCUT2D eigenvalue weighted by Crippen LogP contribution is 2.35. The number of para-hydroxylation sites is 2. The van der Waals surface area contributed by atoms with Crippen molar-refractivity contribution in [2.24, 2.45) is 12.8 Å². The van der Waals surface area contributed by atoms with E-state index in [4.69, 9.17) is 15.2 Å². The normalized spacial score (nSPS) is 15.1. The Morgan fingerprint density at radius 2 is 2.10 bits per heavy atom. The molecule has 9 nitrogen and oxygen atoms in total. The van der Waals surface area contributed by atoms with Crippen molar-refractivity contribution in [3.05, 3.63) is 47.1 Å². The number of ether oxygens (including phenoxy) is 2. The average molecular weight is 431 g/mol. The summed E-state index contributed by atoms with van der Waals surface area (Å²) in [6.45, 7) is 0.322. The fraction of sp³-hybridized carbons (Fsp3) is 0.222. The van der Waals surface area contributed by atoms with Crippen LogP contribution in [0.4, 0.5) is 5.00 Å². The molecule has 11 heteroatoms. The second-order valence-corrected chi connectivity index (χ2v) is 7.99. The van der Waals surface area contributed by atoms with Crippen LogP contribution in [-0.2, 0) is 11.8 Å². The number of thioether (sulfide) groups is 1. The highest BCUT2D eigenvalue weighted by Gasteiger charge is 2.27. The van der Waals surface area contributed by atoms with E-state index in [1.54, 1.807) is 16.0 Å². The first-order valence-electron chi connectivity index (χ1n) is 8.60. The summed E-state index contributed by atoms with van der Waals surface area (Å²) in [4.78, 5) is 23.6. The summed E-state index contributed by atoms with van der Waals surface area (Å²) < 4.78 is 13.5. The molecule has 0 spiro atoms. The van der Waals surface area contributed by atoms with Crippen LogP contribution in [-0.4, -0.2) is 38.9 Å². The Balaban J connectivity index is 1.38. The Hall–Kier alpha value is -3.05. The number of thiophene rings is 1. The molecule has 1 atom stereocenters. The van der Waals surface area contributed by atoms with Gasteiger partial charge in [0.15, 0.2) is 28.6 Å². The number of hydrogen-bond acceptors (Lipinski definition) is 8. The number of carbonyl (C=O) groups is 2. The molecule has 3 heterocycles. The molecule has 150 valence electrons. The molecular weight excluding hydrogens is 414 g/mol. The lowest BCUT2D eigenvalue weighted by Gasteiger charge is -2.25. The number of nitrogens with two attached hydrogens (primary N) is 1. The number of amides is 2. The maximum atomic E-state index is 12.2. The molecule has 4 rings (SSSR count). The van der Waals surface area contributed by atoms with Gasteiger partial charge in [-0.05, 0) is 23.6 Å². The van der Waals surface area contributed by atoms with E-state index in [1.165, 1.54) is 23.1 Å². The lowest BCUT2D eigenvalue weighted by molar-refractivity contribution is -0.113. The third-order valence-electron chi connectivity index (χ3n) is 4.18. The number of benzene rings is 1. The minimum atomic E-state index is -0.580. The summed E-state index contributed by atoms with van der Waals surface area (Å²) in [7, 11) is 1.81. The van der Waals surface area contributed by atoms with Crippen molar-refractivity contribution in [2.75, 3.05) is 17.7 Å². The molecule has 29 heavy (non-hydrogen) atoms. The molecule has 3 aromatic rings. The number of carbonyl (C=O) groups excluding carboxylic acids is 2. The van der Waals surface area contributed by atoms with Crippen molar-refractivity contribution in [1.29, 1.82) is 0 Å². The van der Waals surface area contributed by atoms with Crippen LogP contribution < -0.4 is 20.5 Å². The van der Waals surface area contributed by atoms with Crippen molar-refractivity contribution < 1.29 is 19.1 Å². The molecule has 0 bridgehead atoms. The van der Waals surface area contributed by atoms with Crippen LogP contribution in [0.5, 0.6) is 11.5 Å². The monoisotopic (exact) mass is 431 g/mol. The van der Waals surface area contributed by atoms with Crippen molar-refractivity contribution in [3.63, 3.8) is 0 Å². The zero-order chi connectivity index (χ0) is 20.4. The van der Waals surface area contributed by atoms with Gasteiger partial charge in [-0.25, -0.2) is 0 Å². The summed E-state index contributed by atoms with van der Waals surface area (Å²) in [6.07, 6.45) is -0.394. The minimum absolute atomic E-state index is 0.104. The fourth-order valence-electron chi connectivity index (χ4n) is 2.77. The summed E-state index contributed by atoms with van der Waals surface area (Å²) in [6, 6.07) is 9.02. The van der Waals surface area contributed by atoms with E-state index in [1.807, 2.05) is 31.3 Å². The van der Waals surface area contributed by atoms with Gasteiger partial charge in [-0.15, -0.1) is 21.5 Å². The number of rotatable bonds is 6. The van der Waals surface area contributed by atoms with Gasteiger partial charge in [-0.3, -0.25) is 9.59 Å². The molecule has 1 aliphatic heterocycles. The van der Waals surface area contributed by atoms with Crippen molar-refractivity contribution >= 4 is 39.9 Å². The van der Waals surface area contributed by atoms with Crippen molar-refractivity contribution in [2.45, 2.75) is 11.3 Å². The summed E-state index contributed by atoms with van der Waals surface area (Å²) in [5.74, 6) is 1.21. The Bertz CT molecular complexity index is 1060. The smallest absolute Gasteiger partial charge is 0.251 e. The number of fused-ring (bicyclic) bond motifs is 1. The van der Waals surface area contributed by atoms with E-state index >= 15 is 0 Å². The van der Waals surface area contributed by atoms with Crippen LogP contribution in [0.25, 0.3) is 0 Å². The van der Waals surface area contributed by atoms with Crippen LogP contribution in [0.1, 0.15) is 22.3 Å². The Labute approximate surface area is 174 Å². The molecule has 0 aliphatic carbocycles. The van der Waals surface area contributed by atoms with Gasteiger partial charge in [-0.1, -0.05) is 23.9 Å².